The molecule has 2 aliphatic heterocycles. The van der Waals surface area contributed by atoms with Crippen molar-refractivity contribution >= 4 is 45.0 Å². The molecule has 0 aromatic heterocycles. The fraction of sp³-hybridized carbons (Fsp3) is 0.250. The highest BCUT2D eigenvalue weighted by Crippen LogP contribution is 2.34. The van der Waals surface area contributed by atoms with Crippen LogP contribution in [0.5, 0.6) is 0 Å². The van der Waals surface area contributed by atoms with Crippen LogP contribution in [0.3, 0.4) is 0 Å². The van der Waals surface area contributed by atoms with Crippen LogP contribution in [0.25, 0.3) is 0 Å². The van der Waals surface area contributed by atoms with Crippen molar-refractivity contribution in [3.8, 4) is 0 Å². The number of carbonyl (C=O) groups is 1. The average Bonchev–Trinajstić information content (AvgIpc) is 2.57. The standard InChI is InChI=1S/C16H13Cl2FN2O4S/c1-9(14-11(17)3-4-12(19)15(14)18)25-16(22)10-2-5-13-20-26(23,24)7-6-21(13)8-10/h2-5,8-9H,6-7H2,1H3. The number of halogens is 3. The van der Waals surface area contributed by atoms with E-state index in [1.807, 2.05) is 0 Å². The molecule has 2 aliphatic rings. The van der Waals surface area contributed by atoms with Gasteiger partial charge in [-0.2, -0.15) is 0 Å². The molecule has 0 radical (unpaired) electrons. The van der Waals surface area contributed by atoms with Gasteiger partial charge >= 0.3 is 5.97 Å². The van der Waals surface area contributed by atoms with Gasteiger partial charge in [0.25, 0.3) is 10.0 Å². The maximum absolute atomic E-state index is 13.6. The summed E-state index contributed by atoms with van der Waals surface area (Å²) < 4.78 is 45.6. The van der Waals surface area contributed by atoms with E-state index in [1.165, 1.54) is 31.3 Å². The number of rotatable bonds is 3. The lowest BCUT2D eigenvalue weighted by atomic mass is 10.1. The van der Waals surface area contributed by atoms with Gasteiger partial charge in [-0.15, -0.1) is 4.40 Å². The minimum atomic E-state index is -3.47. The number of carbonyl (C=O) groups excluding carboxylic acids is 1. The van der Waals surface area contributed by atoms with E-state index in [1.54, 1.807) is 4.90 Å². The van der Waals surface area contributed by atoms with E-state index < -0.39 is 27.9 Å². The Hall–Kier alpha value is -1.90. The number of esters is 1. The predicted octanol–water partition coefficient (Wildman–Crippen LogP) is 3.23. The Morgan fingerprint density at radius 2 is 2.08 bits per heavy atom. The lowest BCUT2D eigenvalue weighted by Gasteiger charge is -2.27. The van der Waals surface area contributed by atoms with Crippen molar-refractivity contribution in [3.05, 3.63) is 57.5 Å². The molecule has 0 saturated carbocycles. The van der Waals surface area contributed by atoms with Gasteiger partial charge in [-0.25, -0.2) is 17.6 Å². The van der Waals surface area contributed by atoms with Gasteiger partial charge in [-0.05, 0) is 31.2 Å². The monoisotopic (exact) mass is 418 g/mol. The van der Waals surface area contributed by atoms with E-state index >= 15 is 0 Å². The molecule has 3 rings (SSSR count). The zero-order valence-electron chi connectivity index (χ0n) is 13.4. The summed E-state index contributed by atoms with van der Waals surface area (Å²) >= 11 is 12.0. The van der Waals surface area contributed by atoms with Crippen molar-refractivity contribution in [2.24, 2.45) is 4.40 Å². The molecule has 1 aromatic rings. The number of amidine groups is 1. The summed E-state index contributed by atoms with van der Waals surface area (Å²) in [6.45, 7) is 1.71. The van der Waals surface area contributed by atoms with Crippen molar-refractivity contribution in [2.45, 2.75) is 13.0 Å². The zero-order chi connectivity index (χ0) is 19.1. The Kier molecular flexibility index (Phi) is 5.09. The Balaban J connectivity index is 1.79. The van der Waals surface area contributed by atoms with E-state index in [0.29, 0.717) is 0 Å². The summed E-state index contributed by atoms with van der Waals surface area (Å²) in [6, 6.07) is 2.46. The maximum atomic E-state index is 13.6. The van der Waals surface area contributed by atoms with E-state index in [-0.39, 0.29) is 39.3 Å². The summed E-state index contributed by atoms with van der Waals surface area (Å²) in [6.07, 6.45) is 3.39. The highest BCUT2D eigenvalue weighted by Gasteiger charge is 2.27. The topological polar surface area (TPSA) is 76.0 Å². The van der Waals surface area contributed by atoms with Crippen LogP contribution in [0.4, 0.5) is 4.39 Å². The quantitative estimate of drug-likeness (QED) is 0.556. The summed E-state index contributed by atoms with van der Waals surface area (Å²) in [7, 11) is -3.47. The minimum Gasteiger partial charge on any atom is -0.454 e. The lowest BCUT2D eigenvalue weighted by Crippen LogP contribution is -2.37. The average molecular weight is 419 g/mol. The Morgan fingerprint density at radius 3 is 2.81 bits per heavy atom. The number of hydrogen-bond acceptors (Lipinski definition) is 5. The van der Waals surface area contributed by atoms with Gasteiger partial charge in [-0.3, -0.25) is 0 Å². The molecule has 0 fully saturated rings. The zero-order valence-corrected chi connectivity index (χ0v) is 15.8. The van der Waals surface area contributed by atoms with Crippen LogP contribution in [-0.2, 0) is 19.6 Å². The van der Waals surface area contributed by atoms with Gasteiger partial charge < -0.3 is 9.64 Å². The molecule has 10 heteroatoms. The van der Waals surface area contributed by atoms with Gasteiger partial charge in [-0.1, -0.05) is 23.2 Å². The van der Waals surface area contributed by atoms with E-state index in [4.69, 9.17) is 27.9 Å². The number of sulfonamides is 1. The van der Waals surface area contributed by atoms with Crippen molar-refractivity contribution in [1.29, 1.82) is 0 Å². The minimum absolute atomic E-state index is 0.145. The third-order valence-corrected chi connectivity index (χ3v) is 5.71. The summed E-state index contributed by atoms with van der Waals surface area (Å²) in [5, 5.41) is -0.0258. The first-order chi connectivity index (χ1) is 12.2. The summed E-state index contributed by atoms with van der Waals surface area (Å²) in [5.74, 6) is -1.26. The second-order valence-electron chi connectivity index (χ2n) is 5.65. The molecule has 1 aromatic carbocycles. The molecule has 138 valence electrons. The molecular weight excluding hydrogens is 406 g/mol. The molecule has 0 amide bonds. The Bertz CT molecular complexity index is 973. The molecule has 2 heterocycles. The first-order valence-electron chi connectivity index (χ1n) is 7.51. The van der Waals surface area contributed by atoms with Crippen molar-refractivity contribution in [1.82, 2.24) is 4.90 Å². The second kappa shape index (κ2) is 7.02. The third-order valence-electron chi connectivity index (χ3n) is 3.83. The normalized spacial score (nSPS) is 19.3. The molecule has 0 aliphatic carbocycles. The van der Waals surface area contributed by atoms with Gasteiger partial charge in [0.15, 0.2) is 0 Å². The molecular formula is C16H13Cl2FN2O4S. The van der Waals surface area contributed by atoms with Crippen LogP contribution in [0.15, 0.2) is 40.5 Å². The Labute approximate surface area is 159 Å². The fourth-order valence-corrected chi connectivity index (χ4v) is 4.17. The largest absolute Gasteiger partial charge is 0.454 e. The van der Waals surface area contributed by atoms with Gasteiger partial charge in [0.05, 0.1) is 16.3 Å². The van der Waals surface area contributed by atoms with Crippen LogP contribution in [0, 0.1) is 5.82 Å². The summed E-state index contributed by atoms with van der Waals surface area (Å²) in [4.78, 5) is 13.9. The molecule has 0 saturated heterocycles. The number of fused-ring (bicyclic) bond motifs is 1. The highest BCUT2D eigenvalue weighted by molar-refractivity contribution is 7.90. The third kappa shape index (κ3) is 3.77. The first-order valence-corrected chi connectivity index (χ1v) is 9.88. The molecule has 0 bridgehead atoms. The van der Waals surface area contributed by atoms with Crippen LogP contribution in [0.2, 0.25) is 10.0 Å². The van der Waals surface area contributed by atoms with Crippen LogP contribution in [0.1, 0.15) is 18.6 Å². The number of ether oxygens (including phenoxy) is 1. The van der Waals surface area contributed by atoms with Crippen molar-refractivity contribution in [2.75, 3.05) is 12.3 Å². The Morgan fingerprint density at radius 1 is 1.35 bits per heavy atom. The molecule has 0 spiro atoms. The molecule has 0 N–H and O–H groups in total. The number of hydrogen-bond donors (Lipinski definition) is 0. The van der Waals surface area contributed by atoms with Crippen LogP contribution >= 0.6 is 23.2 Å². The SMILES string of the molecule is CC(OC(=O)C1=CN2CCS(=O)(=O)N=C2C=C1)c1c(Cl)ccc(F)c1Cl. The smallest absolute Gasteiger partial charge is 0.340 e. The van der Waals surface area contributed by atoms with E-state index in [0.717, 1.165) is 6.07 Å². The molecule has 26 heavy (non-hydrogen) atoms. The number of benzene rings is 1. The van der Waals surface area contributed by atoms with E-state index in [9.17, 15) is 17.6 Å². The van der Waals surface area contributed by atoms with Gasteiger partial charge in [0.2, 0.25) is 0 Å². The van der Waals surface area contributed by atoms with Crippen molar-refractivity contribution in [3.63, 3.8) is 0 Å². The molecule has 1 unspecified atom stereocenters. The lowest BCUT2D eigenvalue weighted by molar-refractivity contribution is -0.143. The highest BCUT2D eigenvalue weighted by atomic mass is 35.5. The predicted molar refractivity (Wildman–Crippen MR) is 96.1 cm³/mol. The summed E-state index contributed by atoms with van der Waals surface area (Å²) in [5.41, 5.74) is 0.368. The first kappa shape index (κ1) is 18.9. The molecule has 1 atom stereocenters. The van der Waals surface area contributed by atoms with Crippen LogP contribution in [-0.4, -0.2) is 37.4 Å². The maximum Gasteiger partial charge on any atom is 0.340 e. The van der Waals surface area contributed by atoms with Gasteiger partial charge in [0, 0.05) is 23.3 Å². The molecule has 6 nitrogen and oxygen atoms in total. The van der Waals surface area contributed by atoms with Crippen molar-refractivity contribution < 1.29 is 22.3 Å². The number of nitrogens with zero attached hydrogens (tertiary/aromatic N) is 2. The fourth-order valence-electron chi connectivity index (χ4n) is 2.52. The van der Waals surface area contributed by atoms with E-state index in [2.05, 4.69) is 4.40 Å². The van der Waals surface area contributed by atoms with Crippen LogP contribution < -0.4 is 0 Å². The second-order valence-corrected chi connectivity index (χ2v) is 8.19. The van der Waals surface area contributed by atoms with Gasteiger partial charge in [0.1, 0.15) is 17.8 Å².